The van der Waals surface area contributed by atoms with Crippen molar-refractivity contribution in [1.29, 1.82) is 5.26 Å². The van der Waals surface area contributed by atoms with E-state index in [1.165, 1.54) is 13.0 Å². The van der Waals surface area contributed by atoms with Gasteiger partial charge in [-0.25, -0.2) is 9.59 Å². The normalized spacial score (nSPS) is 12.5. The Bertz CT molecular complexity index is 376. The average Bonchev–Trinajstić information content (AvgIpc) is 2.18. The van der Waals surface area contributed by atoms with Crippen LogP contribution in [0.5, 0.6) is 0 Å². The third kappa shape index (κ3) is 4.05. The fraction of sp³-hybridized carbons (Fsp3) is 0.455. The number of carbonyl (C=O) groups is 3. The van der Waals surface area contributed by atoms with Gasteiger partial charge in [-0.3, -0.25) is 4.79 Å². The topological polar surface area (TPSA) is 84.2 Å². The van der Waals surface area contributed by atoms with E-state index >= 15 is 0 Å². The summed E-state index contributed by atoms with van der Waals surface area (Å²) in [4.78, 5) is 33.3. The molecule has 0 radical (unpaired) electrons. The van der Waals surface area contributed by atoms with Crippen molar-refractivity contribution in [3.05, 3.63) is 11.6 Å². The zero-order valence-electron chi connectivity index (χ0n) is 9.44. The fourth-order valence-corrected chi connectivity index (χ4v) is 0.930. The van der Waals surface area contributed by atoms with E-state index in [9.17, 15) is 14.4 Å². The van der Waals surface area contributed by atoms with Gasteiger partial charge >= 0.3 is 11.9 Å². The molecule has 0 aromatic heterocycles. The number of ketones is 1. The van der Waals surface area contributed by atoms with Gasteiger partial charge in [0, 0.05) is 5.57 Å². The predicted molar refractivity (Wildman–Crippen MR) is 54.9 cm³/mol. The van der Waals surface area contributed by atoms with E-state index < -0.39 is 23.6 Å². The van der Waals surface area contributed by atoms with Crippen molar-refractivity contribution in [3.63, 3.8) is 0 Å². The molecule has 1 atom stereocenters. The number of Topliss-reactive ketones (excluding diaryl/α,β-unsaturated/α-hetero) is 1. The summed E-state index contributed by atoms with van der Waals surface area (Å²) in [6.07, 6.45) is 2.22. The second-order valence-electron chi connectivity index (χ2n) is 3.18. The Labute approximate surface area is 93.7 Å². The second-order valence-corrected chi connectivity index (χ2v) is 3.18. The van der Waals surface area contributed by atoms with Crippen LogP contribution >= 0.6 is 0 Å². The van der Waals surface area contributed by atoms with Gasteiger partial charge in [0.25, 0.3) is 0 Å². The van der Waals surface area contributed by atoms with Gasteiger partial charge < -0.3 is 4.74 Å². The van der Waals surface area contributed by atoms with Crippen LogP contribution < -0.4 is 0 Å². The van der Waals surface area contributed by atoms with Crippen molar-refractivity contribution < 1.29 is 19.1 Å². The minimum absolute atomic E-state index is 0.274. The van der Waals surface area contributed by atoms with Gasteiger partial charge in [0.1, 0.15) is 0 Å². The van der Waals surface area contributed by atoms with Crippen molar-refractivity contribution in [2.24, 2.45) is 5.92 Å². The second kappa shape index (κ2) is 6.51. The van der Waals surface area contributed by atoms with E-state index in [0.29, 0.717) is 6.42 Å². The number of hydrogen-bond donors (Lipinski definition) is 0. The molecule has 16 heavy (non-hydrogen) atoms. The molecule has 0 fully saturated rings. The van der Waals surface area contributed by atoms with Crippen molar-refractivity contribution in [1.82, 2.24) is 0 Å². The summed E-state index contributed by atoms with van der Waals surface area (Å²) in [5.74, 6) is -4.12. The van der Waals surface area contributed by atoms with E-state index in [0.717, 1.165) is 6.92 Å². The highest BCUT2D eigenvalue weighted by molar-refractivity contribution is 6.05. The van der Waals surface area contributed by atoms with Gasteiger partial charge in [-0.2, -0.15) is 5.26 Å². The van der Waals surface area contributed by atoms with Crippen molar-refractivity contribution in [2.45, 2.75) is 27.2 Å². The minimum atomic E-state index is -1.53. The molecule has 0 spiro atoms. The van der Waals surface area contributed by atoms with Crippen LogP contribution in [-0.2, 0) is 19.1 Å². The van der Waals surface area contributed by atoms with E-state index in [2.05, 4.69) is 4.74 Å². The molecule has 0 N–H and O–H groups in total. The summed E-state index contributed by atoms with van der Waals surface area (Å²) in [5.41, 5.74) is 0.274. The molecular formula is C11H13NO4. The van der Waals surface area contributed by atoms with Gasteiger partial charge in [-0.15, -0.1) is 0 Å². The van der Waals surface area contributed by atoms with Gasteiger partial charge in [-0.1, -0.05) is 13.0 Å². The molecule has 0 heterocycles. The minimum Gasteiger partial charge on any atom is -0.388 e. The van der Waals surface area contributed by atoms with Gasteiger partial charge in [0.15, 0.2) is 5.78 Å². The molecule has 5 nitrogen and oxygen atoms in total. The number of ether oxygens (including phenoxy) is 1. The zero-order valence-corrected chi connectivity index (χ0v) is 9.44. The smallest absolute Gasteiger partial charge is 0.341 e. The first-order valence-electron chi connectivity index (χ1n) is 4.76. The van der Waals surface area contributed by atoms with Crippen LogP contribution in [-0.4, -0.2) is 17.7 Å². The summed E-state index contributed by atoms with van der Waals surface area (Å²) in [6.45, 7) is 4.41. The Morgan fingerprint density at radius 3 is 2.31 bits per heavy atom. The van der Waals surface area contributed by atoms with Crippen molar-refractivity contribution in [3.8, 4) is 6.07 Å². The number of allylic oxidation sites excluding steroid dienone is 1. The largest absolute Gasteiger partial charge is 0.388 e. The fourth-order valence-electron chi connectivity index (χ4n) is 0.930. The quantitative estimate of drug-likeness (QED) is 0.405. The van der Waals surface area contributed by atoms with Gasteiger partial charge in [-0.05, 0) is 20.3 Å². The van der Waals surface area contributed by atoms with Crippen LogP contribution in [0.3, 0.4) is 0 Å². The summed E-state index contributed by atoms with van der Waals surface area (Å²) in [6, 6.07) is 1.48. The monoisotopic (exact) mass is 223 g/mol. The van der Waals surface area contributed by atoms with Crippen LogP contribution in [0, 0.1) is 17.2 Å². The van der Waals surface area contributed by atoms with Crippen LogP contribution in [0.2, 0.25) is 0 Å². The third-order valence-corrected chi connectivity index (χ3v) is 1.80. The lowest BCUT2D eigenvalue weighted by Gasteiger charge is -2.05. The molecule has 0 saturated carbocycles. The number of carbonyl (C=O) groups excluding carboxylic acids is 3. The molecule has 0 amide bonds. The number of hydrogen-bond acceptors (Lipinski definition) is 5. The third-order valence-electron chi connectivity index (χ3n) is 1.80. The molecule has 0 aromatic carbocycles. The first-order valence-corrected chi connectivity index (χ1v) is 4.76. The molecular weight excluding hydrogens is 210 g/mol. The highest BCUT2D eigenvalue weighted by atomic mass is 16.6. The summed E-state index contributed by atoms with van der Waals surface area (Å²) in [5, 5.41) is 8.52. The maximum atomic E-state index is 11.3. The Morgan fingerprint density at radius 2 is 1.94 bits per heavy atom. The average molecular weight is 223 g/mol. The van der Waals surface area contributed by atoms with Gasteiger partial charge in [0.05, 0.1) is 6.07 Å². The molecule has 0 aromatic rings. The van der Waals surface area contributed by atoms with Crippen molar-refractivity contribution >= 4 is 17.7 Å². The molecule has 0 saturated heterocycles. The SMILES string of the molecule is CCC=C(C)C(=O)OC(=O)C(C#N)C(C)=O. The Morgan fingerprint density at radius 1 is 1.38 bits per heavy atom. The van der Waals surface area contributed by atoms with Gasteiger partial charge in [0.2, 0.25) is 5.92 Å². The zero-order chi connectivity index (χ0) is 12.7. The summed E-state index contributed by atoms with van der Waals surface area (Å²) < 4.78 is 4.39. The van der Waals surface area contributed by atoms with Crippen molar-refractivity contribution in [2.75, 3.05) is 0 Å². The molecule has 86 valence electrons. The lowest BCUT2D eigenvalue weighted by atomic mass is 10.1. The van der Waals surface area contributed by atoms with Crippen LogP contribution in [0.25, 0.3) is 0 Å². The Balaban J connectivity index is 4.59. The summed E-state index contributed by atoms with van der Waals surface area (Å²) in [7, 11) is 0. The Kier molecular flexibility index (Phi) is 5.71. The van der Waals surface area contributed by atoms with Crippen LogP contribution in [0.15, 0.2) is 11.6 Å². The molecule has 0 bridgehead atoms. The molecule has 0 aliphatic rings. The van der Waals surface area contributed by atoms with E-state index in [-0.39, 0.29) is 5.57 Å². The molecule has 0 aliphatic carbocycles. The first-order chi connectivity index (χ1) is 7.43. The lowest BCUT2D eigenvalue weighted by molar-refractivity contribution is -0.159. The van der Waals surface area contributed by atoms with E-state index in [1.807, 2.05) is 6.92 Å². The highest BCUT2D eigenvalue weighted by Gasteiger charge is 2.27. The highest BCUT2D eigenvalue weighted by Crippen LogP contribution is 2.04. The predicted octanol–water partition coefficient (Wildman–Crippen LogP) is 1.14. The Hall–Kier alpha value is -1.96. The van der Waals surface area contributed by atoms with Crippen LogP contribution in [0.4, 0.5) is 0 Å². The van der Waals surface area contributed by atoms with Crippen LogP contribution in [0.1, 0.15) is 27.2 Å². The first kappa shape index (κ1) is 14.0. The number of esters is 2. The maximum absolute atomic E-state index is 11.3. The molecule has 1 unspecified atom stereocenters. The van der Waals surface area contributed by atoms with E-state index in [4.69, 9.17) is 5.26 Å². The number of rotatable bonds is 4. The maximum Gasteiger partial charge on any atom is 0.341 e. The summed E-state index contributed by atoms with van der Waals surface area (Å²) >= 11 is 0. The molecule has 5 heteroatoms. The lowest BCUT2D eigenvalue weighted by Crippen LogP contribution is -2.25. The standard InChI is InChI=1S/C11H13NO4/c1-4-5-7(2)10(14)16-11(15)9(6-12)8(3)13/h5,9H,4H2,1-3H3. The molecule has 0 rings (SSSR count). The number of nitriles is 1. The molecule has 0 aliphatic heterocycles. The van der Waals surface area contributed by atoms with E-state index in [1.54, 1.807) is 6.08 Å². The number of nitrogens with zero attached hydrogens (tertiary/aromatic N) is 1.